The van der Waals surface area contributed by atoms with Gasteiger partial charge in [0, 0.05) is 31.7 Å². The molecule has 0 spiro atoms. The van der Waals surface area contributed by atoms with E-state index in [9.17, 15) is 4.79 Å². The Kier molecular flexibility index (Phi) is 9.97. The Bertz CT molecular complexity index is 771. The first-order chi connectivity index (χ1) is 13.7. The Hall–Kier alpha value is -2.09. The fourth-order valence-corrected chi connectivity index (χ4v) is 3.25. The molecule has 1 aliphatic rings. The van der Waals surface area contributed by atoms with Gasteiger partial charge in [-0.25, -0.2) is 4.99 Å². The zero-order chi connectivity index (χ0) is 19.6. The third-order valence-electron chi connectivity index (χ3n) is 4.92. The molecular formula is C23H31IN4O. The topological polar surface area (TPSA) is 56.7 Å². The molecule has 0 bridgehead atoms. The van der Waals surface area contributed by atoms with E-state index in [4.69, 9.17) is 4.99 Å². The van der Waals surface area contributed by atoms with E-state index >= 15 is 0 Å². The summed E-state index contributed by atoms with van der Waals surface area (Å²) in [5.41, 5.74) is 3.37. The molecule has 0 aliphatic carbocycles. The first-order valence-corrected chi connectivity index (χ1v) is 10.1. The molecule has 0 unspecified atom stereocenters. The minimum Gasteiger partial charge on any atom is -0.356 e. The van der Waals surface area contributed by atoms with Crippen molar-refractivity contribution in [2.75, 3.05) is 25.0 Å². The summed E-state index contributed by atoms with van der Waals surface area (Å²) in [5, 5.41) is 6.64. The Balaban J connectivity index is 0.00000300. The van der Waals surface area contributed by atoms with Crippen molar-refractivity contribution in [3.05, 3.63) is 65.7 Å². The SMILES string of the molecule is Cc1ccc(CN=C(NCCC(=O)N2CCCCC2)Nc2ccccc2)cc1.I. The van der Waals surface area contributed by atoms with E-state index < -0.39 is 0 Å². The summed E-state index contributed by atoms with van der Waals surface area (Å²) >= 11 is 0. The second kappa shape index (κ2) is 12.5. The summed E-state index contributed by atoms with van der Waals surface area (Å²) in [4.78, 5) is 19.1. The smallest absolute Gasteiger partial charge is 0.224 e. The number of carbonyl (C=O) groups excluding carboxylic acids is 1. The predicted molar refractivity (Wildman–Crippen MR) is 131 cm³/mol. The maximum absolute atomic E-state index is 12.4. The van der Waals surface area contributed by atoms with Gasteiger partial charge < -0.3 is 15.5 Å². The highest BCUT2D eigenvalue weighted by Gasteiger charge is 2.15. The van der Waals surface area contributed by atoms with E-state index in [-0.39, 0.29) is 29.9 Å². The van der Waals surface area contributed by atoms with Crippen molar-refractivity contribution in [2.45, 2.75) is 39.2 Å². The van der Waals surface area contributed by atoms with Crippen molar-refractivity contribution in [3.8, 4) is 0 Å². The molecule has 156 valence electrons. The van der Waals surface area contributed by atoms with Crippen LogP contribution < -0.4 is 10.6 Å². The number of benzene rings is 2. The second-order valence-electron chi connectivity index (χ2n) is 7.26. The first-order valence-electron chi connectivity index (χ1n) is 10.1. The summed E-state index contributed by atoms with van der Waals surface area (Å²) in [6, 6.07) is 18.3. The second-order valence-corrected chi connectivity index (χ2v) is 7.26. The Morgan fingerprint density at radius 2 is 1.69 bits per heavy atom. The summed E-state index contributed by atoms with van der Waals surface area (Å²) in [6.07, 6.45) is 3.97. The number of para-hydroxylation sites is 1. The van der Waals surface area contributed by atoms with E-state index in [1.807, 2.05) is 35.2 Å². The van der Waals surface area contributed by atoms with Gasteiger partial charge in [0.15, 0.2) is 5.96 Å². The maximum Gasteiger partial charge on any atom is 0.224 e. The van der Waals surface area contributed by atoms with Gasteiger partial charge in [-0.15, -0.1) is 24.0 Å². The number of hydrogen-bond acceptors (Lipinski definition) is 2. The van der Waals surface area contributed by atoms with Gasteiger partial charge >= 0.3 is 0 Å². The summed E-state index contributed by atoms with van der Waals surface area (Å²) in [7, 11) is 0. The van der Waals surface area contributed by atoms with Crippen LogP contribution in [0.3, 0.4) is 0 Å². The van der Waals surface area contributed by atoms with Gasteiger partial charge in [0.1, 0.15) is 0 Å². The number of piperidine rings is 1. The lowest BCUT2D eigenvalue weighted by Gasteiger charge is -2.26. The number of nitrogens with one attached hydrogen (secondary N) is 2. The molecule has 0 atom stereocenters. The van der Waals surface area contributed by atoms with Gasteiger partial charge in [0.05, 0.1) is 6.54 Å². The molecule has 0 saturated carbocycles. The minimum absolute atomic E-state index is 0. The van der Waals surface area contributed by atoms with Crippen LogP contribution in [0, 0.1) is 6.92 Å². The molecule has 29 heavy (non-hydrogen) atoms. The van der Waals surface area contributed by atoms with Crippen LogP contribution in [0.15, 0.2) is 59.6 Å². The predicted octanol–water partition coefficient (Wildman–Crippen LogP) is 4.57. The highest BCUT2D eigenvalue weighted by atomic mass is 127. The first kappa shape index (κ1) is 23.2. The molecule has 0 aromatic heterocycles. The average Bonchev–Trinajstić information content (AvgIpc) is 2.74. The number of guanidine groups is 1. The maximum atomic E-state index is 12.4. The van der Waals surface area contributed by atoms with E-state index in [0.717, 1.165) is 37.2 Å². The highest BCUT2D eigenvalue weighted by molar-refractivity contribution is 14.0. The average molecular weight is 506 g/mol. The number of carbonyl (C=O) groups is 1. The van der Waals surface area contributed by atoms with Crippen LogP contribution in [0.25, 0.3) is 0 Å². The zero-order valence-electron chi connectivity index (χ0n) is 17.1. The van der Waals surface area contributed by atoms with Crippen LogP contribution in [0.5, 0.6) is 0 Å². The molecular weight excluding hydrogens is 475 g/mol. The van der Waals surface area contributed by atoms with Crippen molar-refractivity contribution < 1.29 is 4.79 Å². The van der Waals surface area contributed by atoms with Crippen molar-refractivity contribution in [1.82, 2.24) is 10.2 Å². The zero-order valence-corrected chi connectivity index (χ0v) is 19.4. The fourth-order valence-electron chi connectivity index (χ4n) is 3.25. The number of aliphatic imine (C=N–C) groups is 1. The lowest BCUT2D eigenvalue weighted by atomic mass is 10.1. The number of likely N-dealkylation sites (tertiary alicyclic amines) is 1. The van der Waals surface area contributed by atoms with Crippen LogP contribution >= 0.6 is 24.0 Å². The van der Waals surface area contributed by atoms with E-state index in [2.05, 4.69) is 41.8 Å². The van der Waals surface area contributed by atoms with Crippen molar-refractivity contribution in [3.63, 3.8) is 0 Å². The van der Waals surface area contributed by atoms with Crippen LogP contribution in [0.4, 0.5) is 5.69 Å². The lowest BCUT2D eigenvalue weighted by molar-refractivity contribution is -0.131. The number of rotatable bonds is 6. The van der Waals surface area contributed by atoms with E-state index in [0.29, 0.717) is 25.5 Å². The number of hydrogen-bond donors (Lipinski definition) is 2. The largest absolute Gasteiger partial charge is 0.356 e. The van der Waals surface area contributed by atoms with Crippen molar-refractivity contribution in [1.29, 1.82) is 0 Å². The summed E-state index contributed by atoms with van der Waals surface area (Å²) in [6.45, 7) is 5.03. The van der Waals surface area contributed by atoms with Crippen LogP contribution in [-0.2, 0) is 11.3 Å². The molecule has 2 aromatic rings. The molecule has 1 saturated heterocycles. The monoisotopic (exact) mass is 506 g/mol. The van der Waals surface area contributed by atoms with Crippen molar-refractivity contribution >= 4 is 41.5 Å². The lowest BCUT2D eigenvalue weighted by Crippen LogP contribution is -2.39. The third-order valence-corrected chi connectivity index (χ3v) is 4.92. The summed E-state index contributed by atoms with van der Waals surface area (Å²) < 4.78 is 0. The molecule has 1 fully saturated rings. The number of aryl methyl sites for hydroxylation is 1. The number of anilines is 1. The van der Waals surface area contributed by atoms with Crippen LogP contribution in [-0.4, -0.2) is 36.4 Å². The molecule has 1 amide bonds. The molecule has 6 heteroatoms. The molecule has 3 rings (SSSR count). The van der Waals surface area contributed by atoms with Crippen LogP contribution in [0.1, 0.15) is 36.8 Å². The quantitative estimate of drug-likeness (QED) is 0.343. The molecule has 1 aliphatic heterocycles. The Morgan fingerprint density at radius 3 is 2.38 bits per heavy atom. The normalized spacial score (nSPS) is 14.1. The molecule has 5 nitrogen and oxygen atoms in total. The molecule has 2 aromatic carbocycles. The molecule has 1 heterocycles. The van der Waals surface area contributed by atoms with Gasteiger partial charge in [0.2, 0.25) is 5.91 Å². The van der Waals surface area contributed by atoms with Crippen LogP contribution in [0.2, 0.25) is 0 Å². The van der Waals surface area contributed by atoms with E-state index in [1.54, 1.807) is 0 Å². The van der Waals surface area contributed by atoms with E-state index in [1.165, 1.54) is 12.0 Å². The van der Waals surface area contributed by atoms with Gasteiger partial charge in [-0.3, -0.25) is 4.79 Å². The highest BCUT2D eigenvalue weighted by Crippen LogP contribution is 2.10. The Labute approximate surface area is 191 Å². The molecule has 0 radical (unpaired) electrons. The summed E-state index contributed by atoms with van der Waals surface area (Å²) in [5.74, 6) is 0.919. The third kappa shape index (κ3) is 8.04. The number of halogens is 1. The number of amides is 1. The van der Waals surface area contributed by atoms with Crippen molar-refractivity contribution in [2.24, 2.45) is 4.99 Å². The number of nitrogens with zero attached hydrogens (tertiary/aromatic N) is 2. The van der Waals surface area contributed by atoms with Gasteiger partial charge in [-0.2, -0.15) is 0 Å². The van der Waals surface area contributed by atoms with Gasteiger partial charge in [0.25, 0.3) is 0 Å². The van der Waals surface area contributed by atoms with Gasteiger partial charge in [-0.05, 0) is 43.9 Å². The minimum atomic E-state index is 0. The van der Waals surface area contributed by atoms with Gasteiger partial charge in [-0.1, -0.05) is 48.0 Å². The standard InChI is InChI=1S/C23H30N4O.HI/c1-19-10-12-20(13-11-19)18-25-23(26-21-8-4-2-5-9-21)24-15-14-22(28)27-16-6-3-7-17-27;/h2,4-5,8-13H,3,6-7,14-18H2,1H3,(H2,24,25,26);1H. The fraction of sp³-hybridized carbons (Fsp3) is 0.391. The Morgan fingerprint density at radius 1 is 1.00 bits per heavy atom. The molecule has 2 N–H and O–H groups in total.